The first kappa shape index (κ1) is 10.1. The molecular weight excluding hydrogens is 198 g/mol. The number of fused-ring (bicyclic) bond motifs is 2. The molecule has 2 N–H and O–H groups in total. The highest BCUT2D eigenvalue weighted by Gasteiger charge is 2.38. The fourth-order valence-electron chi connectivity index (χ4n) is 3.20. The third-order valence-electron chi connectivity index (χ3n) is 4.14. The molecule has 4 unspecified atom stereocenters. The Morgan fingerprint density at radius 2 is 2.44 bits per heavy atom. The van der Waals surface area contributed by atoms with Crippen LogP contribution in [-0.2, 0) is 6.54 Å². The van der Waals surface area contributed by atoms with Crippen molar-refractivity contribution in [2.24, 2.45) is 17.8 Å². The van der Waals surface area contributed by atoms with E-state index in [1.54, 1.807) is 6.33 Å². The van der Waals surface area contributed by atoms with Crippen LogP contribution in [0, 0.1) is 17.8 Å². The van der Waals surface area contributed by atoms with Crippen molar-refractivity contribution in [1.29, 1.82) is 0 Å². The van der Waals surface area contributed by atoms with E-state index in [0.717, 1.165) is 24.3 Å². The summed E-state index contributed by atoms with van der Waals surface area (Å²) in [6.45, 7) is 3.22. The Morgan fingerprint density at radius 1 is 1.50 bits per heavy atom. The first-order valence-electron chi connectivity index (χ1n) is 6.22. The topological polar surface area (TPSA) is 40.7 Å². The minimum Gasteiger partial charge on any atom is -0.347 e. The molecule has 1 aromatic heterocycles. The number of aromatic nitrogens is 2. The first-order valence-corrected chi connectivity index (χ1v) is 6.22. The lowest BCUT2D eigenvalue weighted by Gasteiger charge is -2.26. The zero-order chi connectivity index (χ0) is 11.0. The summed E-state index contributed by atoms with van der Waals surface area (Å²) in [5.74, 6) is 2.53. The van der Waals surface area contributed by atoms with Crippen molar-refractivity contribution in [3.05, 3.63) is 30.4 Å². The van der Waals surface area contributed by atoms with Gasteiger partial charge in [-0.1, -0.05) is 12.2 Å². The summed E-state index contributed by atoms with van der Waals surface area (Å²) < 4.78 is 0. The third kappa shape index (κ3) is 1.80. The van der Waals surface area contributed by atoms with Gasteiger partial charge in [0.2, 0.25) is 0 Å². The molecule has 0 spiro atoms. The normalized spacial score (nSPS) is 33.4. The smallest absolute Gasteiger partial charge is 0.0922 e. The lowest BCUT2D eigenvalue weighted by Crippen LogP contribution is -2.35. The van der Waals surface area contributed by atoms with Crippen LogP contribution in [0.5, 0.6) is 0 Å². The van der Waals surface area contributed by atoms with Crippen molar-refractivity contribution in [2.75, 3.05) is 0 Å². The Labute approximate surface area is 96.4 Å². The van der Waals surface area contributed by atoms with E-state index in [1.165, 1.54) is 18.5 Å². The maximum absolute atomic E-state index is 4.03. The molecule has 2 bridgehead atoms. The summed E-state index contributed by atoms with van der Waals surface area (Å²) in [5, 5.41) is 3.61. The van der Waals surface area contributed by atoms with Crippen LogP contribution in [0.1, 0.15) is 25.5 Å². The van der Waals surface area contributed by atoms with Gasteiger partial charge in [0.15, 0.2) is 0 Å². The van der Waals surface area contributed by atoms with Crippen LogP contribution >= 0.6 is 0 Å². The van der Waals surface area contributed by atoms with E-state index in [4.69, 9.17) is 0 Å². The summed E-state index contributed by atoms with van der Waals surface area (Å²) in [6.07, 6.45) is 11.2. The molecule has 0 saturated heterocycles. The van der Waals surface area contributed by atoms with Gasteiger partial charge < -0.3 is 10.3 Å². The fourth-order valence-corrected chi connectivity index (χ4v) is 3.20. The van der Waals surface area contributed by atoms with Crippen LogP contribution in [0.15, 0.2) is 24.7 Å². The molecule has 0 aliphatic heterocycles. The van der Waals surface area contributed by atoms with E-state index in [-0.39, 0.29) is 0 Å². The van der Waals surface area contributed by atoms with Crippen LogP contribution in [0.25, 0.3) is 0 Å². The van der Waals surface area contributed by atoms with Crippen molar-refractivity contribution in [1.82, 2.24) is 15.3 Å². The van der Waals surface area contributed by atoms with Crippen molar-refractivity contribution in [3.63, 3.8) is 0 Å². The van der Waals surface area contributed by atoms with E-state index in [0.29, 0.717) is 6.04 Å². The summed E-state index contributed by atoms with van der Waals surface area (Å²) in [7, 11) is 0. The minimum atomic E-state index is 0.600. The number of allylic oxidation sites excluding steroid dienone is 2. The molecule has 86 valence electrons. The molecule has 1 fully saturated rings. The van der Waals surface area contributed by atoms with Crippen molar-refractivity contribution < 1.29 is 0 Å². The minimum absolute atomic E-state index is 0.600. The number of aromatic amines is 1. The molecular formula is C13H19N3. The van der Waals surface area contributed by atoms with Crippen LogP contribution in [0.4, 0.5) is 0 Å². The summed E-state index contributed by atoms with van der Waals surface area (Å²) in [6, 6.07) is 0.600. The van der Waals surface area contributed by atoms with E-state index in [1.807, 2.05) is 6.20 Å². The van der Waals surface area contributed by atoms with Gasteiger partial charge in [-0.2, -0.15) is 0 Å². The lowest BCUT2D eigenvalue weighted by molar-refractivity contribution is 0.325. The third-order valence-corrected chi connectivity index (χ3v) is 4.14. The van der Waals surface area contributed by atoms with Gasteiger partial charge in [0.25, 0.3) is 0 Å². The monoisotopic (exact) mass is 217 g/mol. The molecule has 0 radical (unpaired) electrons. The van der Waals surface area contributed by atoms with Gasteiger partial charge >= 0.3 is 0 Å². The zero-order valence-electron chi connectivity index (χ0n) is 9.69. The van der Waals surface area contributed by atoms with Gasteiger partial charge in [0, 0.05) is 24.5 Å². The van der Waals surface area contributed by atoms with Crippen LogP contribution in [0.3, 0.4) is 0 Å². The molecule has 4 atom stereocenters. The Bertz CT molecular complexity index is 369. The maximum atomic E-state index is 4.03. The van der Waals surface area contributed by atoms with Crippen molar-refractivity contribution in [3.8, 4) is 0 Å². The number of rotatable bonds is 4. The lowest BCUT2D eigenvalue weighted by atomic mass is 9.87. The van der Waals surface area contributed by atoms with Crippen LogP contribution < -0.4 is 5.32 Å². The second-order valence-electron chi connectivity index (χ2n) is 5.19. The predicted octanol–water partition coefficient (Wildman–Crippen LogP) is 2.10. The van der Waals surface area contributed by atoms with Crippen molar-refractivity contribution >= 4 is 0 Å². The number of nitrogens with zero attached hydrogens (tertiary/aromatic N) is 1. The van der Waals surface area contributed by atoms with Gasteiger partial charge in [-0.25, -0.2) is 4.98 Å². The van der Waals surface area contributed by atoms with Gasteiger partial charge in [-0.15, -0.1) is 0 Å². The predicted molar refractivity (Wildman–Crippen MR) is 63.7 cm³/mol. The second kappa shape index (κ2) is 4.06. The number of nitrogens with one attached hydrogen (secondary N) is 2. The van der Waals surface area contributed by atoms with E-state index < -0.39 is 0 Å². The molecule has 3 nitrogen and oxygen atoms in total. The summed E-state index contributed by atoms with van der Waals surface area (Å²) in [4.78, 5) is 7.16. The number of hydrogen-bond acceptors (Lipinski definition) is 2. The Morgan fingerprint density at radius 3 is 3.06 bits per heavy atom. The van der Waals surface area contributed by atoms with Crippen LogP contribution in [-0.4, -0.2) is 16.0 Å². The van der Waals surface area contributed by atoms with E-state index in [9.17, 15) is 0 Å². The molecule has 2 aliphatic rings. The molecule has 2 aliphatic carbocycles. The summed E-state index contributed by atoms with van der Waals surface area (Å²) >= 11 is 0. The highest BCUT2D eigenvalue weighted by Crippen LogP contribution is 2.44. The zero-order valence-corrected chi connectivity index (χ0v) is 9.69. The molecule has 0 amide bonds. The highest BCUT2D eigenvalue weighted by molar-refractivity contribution is 5.11. The largest absolute Gasteiger partial charge is 0.347 e. The number of H-pyrrole nitrogens is 1. The Hall–Kier alpha value is -1.09. The quantitative estimate of drug-likeness (QED) is 0.758. The van der Waals surface area contributed by atoms with E-state index in [2.05, 4.69) is 34.4 Å². The molecule has 1 saturated carbocycles. The Balaban J connectivity index is 1.54. The second-order valence-corrected chi connectivity index (χ2v) is 5.19. The highest BCUT2D eigenvalue weighted by atomic mass is 15.0. The summed E-state index contributed by atoms with van der Waals surface area (Å²) in [5.41, 5.74) is 1.17. The standard InChI is InChI=1S/C13H19N3/c1-9(15-7-12-6-14-8-16-12)13-5-10-2-3-11(13)4-10/h2-3,6,8-11,13,15H,4-5,7H2,1H3,(H,14,16). The fraction of sp³-hybridized carbons (Fsp3) is 0.615. The van der Waals surface area contributed by atoms with Gasteiger partial charge in [0.1, 0.15) is 0 Å². The molecule has 1 heterocycles. The molecule has 3 heteroatoms. The molecule has 0 aromatic carbocycles. The van der Waals surface area contributed by atoms with Crippen LogP contribution in [0.2, 0.25) is 0 Å². The van der Waals surface area contributed by atoms with Gasteiger partial charge in [-0.3, -0.25) is 0 Å². The maximum Gasteiger partial charge on any atom is 0.0922 e. The van der Waals surface area contributed by atoms with Crippen molar-refractivity contribution in [2.45, 2.75) is 32.4 Å². The van der Waals surface area contributed by atoms with Gasteiger partial charge in [0.05, 0.1) is 6.33 Å². The average molecular weight is 217 g/mol. The Kier molecular flexibility index (Phi) is 2.56. The number of imidazole rings is 1. The van der Waals surface area contributed by atoms with Gasteiger partial charge in [-0.05, 0) is 37.5 Å². The molecule has 16 heavy (non-hydrogen) atoms. The molecule has 1 aromatic rings. The average Bonchev–Trinajstić information content (AvgIpc) is 3.01. The SMILES string of the molecule is CC(NCc1cnc[nH]1)C1CC2C=CC1C2. The first-order chi connectivity index (χ1) is 7.83. The number of hydrogen-bond donors (Lipinski definition) is 2. The molecule has 3 rings (SSSR count). The van der Waals surface area contributed by atoms with E-state index >= 15 is 0 Å².